The summed E-state index contributed by atoms with van der Waals surface area (Å²) in [7, 11) is 0. The minimum Gasteiger partial charge on any atom is -0.481 e. The van der Waals surface area contributed by atoms with Crippen molar-refractivity contribution in [2.24, 2.45) is 0 Å². The number of unbranched alkanes of at least 4 members (excludes halogenated alkanes) is 17. The Labute approximate surface area is 185 Å². The highest BCUT2D eigenvalue weighted by molar-refractivity contribution is 5.75. The first-order chi connectivity index (χ1) is 14.6. The van der Waals surface area contributed by atoms with Gasteiger partial charge in [-0.3, -0.25) is 9.59 Å². The van der Waals surface area contributed by atoms with Crippen LogP contribution in [0.3, 0.4) is 0 Å². The number of carboxylic acids is 2. The van der Waals surface area contributed by atoms with Gasteiger partial charge in [-0.1, -0.05) is 116 Å². The Morgan fingerprint density at radius 2 is 1.00 bits per heavy atom. The predicted octanol–water partition coefficient (Wildman–Crippen LogP) is 6.94. The van der Waals surface area contributed by atoms with E-state index in [9.17, 15) is 9.59 Å². The zero-order valence-electron chi connectivity index (χ0n) is 19.6. The van der Waals surface area contributed by atoms with Crippen LogP contribution >= 0.6 is 0 Å². The van der Waals surface area contributed by atoms with Crippen LogP contribution in [0.25, 0.3) is 0 Å². The quantitative estimate of drug-likeness (QED) is 0.145. The first-order valence-corrected chi connectivity index (χ1v) is 12.8. The molecule has 0 fully saturated rings. The molecule has 0 rings (SSSR count). The first kappa shape index (κ1) is 28.9. The van der Waals surface area contributed by atoms with Gasteiger partial charge in [-0.2, -0.15) is 0 Å². The third-order valence-corrected chi connectivity index (χ3v) is 5.87. The van der Waals surface area contributed by atoms with E-state index >= 15 is 0 Å². The number of carbonyl (C=O) groups is 2. The molecule has 0 bridgehead atoms. The molecule has 3 N–H and O–H groups in total. The normalized spacial score (nSPS) is 12.2. The van der Waals surface area contributed by atoms with Gasteiger partial charge in [0.2, 0.25) is 0 Å². The first-order valence-electron chi connectivity index (χ1n) is 12.8. The molecule has 1 atom stereocenters. The van der Waals surface area contributed by atoms with Crippen LogP contribution in [0.5, 0.6) is 0 Å². The van der Waals surface area contributed by atoms with E-state index in [1.54, 1.807) is 0 Å². The molecule has 0 amide bonds. The van der Waals surface area contributed by atoms with Crippen LogP contribution in [0, 0.1) is 0 Å². The number of aliphatic carboxylic acids is 2. The Bertz CT molecular complexity index is 401. The fourth-order valence-corrected chi connectivity index (χ4v) is 3.88. The molecular formula is C25H49NO4. The second-order valence-electron chi connectivity index (χ2n) is 8.79. The summed E-state index contributed by atoms with van der Waals surface area (Å²) in [6.45, 7) is 2.92. The zero-order chi connectivity index (χ0) is 22.3. The van der Waals surface area contributed by atoms with Gasteiger partial charge in [-0.25, -0.2) is 0 Å². The van der Waals surface area contributed by atoms with Gasteiger partial charge < -0.3 is 15.5 Å². The lowest BCUT2D eigenvalue weighted by Gasteiger charge is -2.13. The van der Waals surface area contributed by atoms with Gasteiger partial charge in [0.25, 0.3) is 0 Å². The monoisotopic (exact) mass is 427 g/mol. The van der Waals surface area contributed by atoms with E-state index in [0.29, 0.717) is 6.54 Å². The fourth-order valence-electron chi connectivity index (χ4n) is 3.88. The smallest absolute Gasteiger partial charge is 0.320 e. The lowest BCUT2D eigenvalue weighted by atomic mass is 10.0. The van der Waals surface area contributed by atoms with Crippen LogP contribution in [0.2, 0.25) is 0 Å². The number of hydrogen-bond acceptors (Lipinski definition) is 3. The van der Waals surface area contributed by atoms with Crippen molar-refractivity contribution in [1.82, 2.24) is 5.32 Å². The van der Waals surface area contributed by atoms with Gasteiger partial charge in [0.1, 0.15) is 6.04 Å². The van der Waals surface area contributed by atoms with Crippen molar-refractivity contribution in [3.05, 3.63) is 0 Å². The molecule has 0 aromatic carbocycles. The molecule has 0 saturated carbocycles. The summed E-state index contributed by atoms with van der Waals surface area (Å²) in [5.41, 5.74) is 0. The van der Waals surface area contributed by atoms with E-state index in [2.05, 4.69) is 12.2 Å². The summed E-state index contributed by atoms with van der Waals surface area (Å²) >= 11 is 0. The largest absolute Gasteiger partial charge is 0.481 e. The zero-order valence-corrected chi connectivity index (χ0v) is 19.6. The van der Waals surface area contributed by atoms with Crippen molar-refractivity contribution in [3.63, 3.8) is 0 Å². The molecule has 30 heavy (non-hydrogen) atoms. The summed E-state index contributed by atoms with van der Waals surface area (Å²) in [5, 5.41) is 20.7. The van der Waals surface area contributed by atoms with Gasteiger partial charge >= 0.3 is 11.9 Å². The maximum absolute atomic E-state index is 11.1. The van der Waals surface area contributed by atoms with Crippen molar-refractivity contribution in [1.29, 1.82) is 0 Å². The molecule has 0 aromatic rings. The number of hydrogen-bond donors (Lipinski definition) is 3. The molecule has 0 aliphatic carbocycles. The molecule has 5 nitrogen and oxygen atoms in total. The molecule has 0 unspecified atom stereocenters. The van der Waals surface area contributed by atoms with E-state index in [4.69, 9.17) is 10.2 Å². The van der Waals surface area contributed by atoms with Crippen LogP contribution < -0.4 is 5.32 Å². The van der Waals surface area contributed by atoms with E-state index in [1.165, 1.54) is 103 Å². The van der Waals surface area contributed by atoms with Crippen molar-refractivity contribution >= 4 is 11.9 Å². The maximum atomic E-state index is 11.1. The van der Waals surface area contributed by atoms with Crippen molar-refractivity contribution in [3.8, 4) is 0 Å². The predicted molar refractivity (Wildman–Crippen MR) is 125 cm³/mol. The van der Waals surface area contributed by atoms with Gasteiger partial charge in [0, 0.05) is 6.42 Å². The van der Waals surface area contributed by atoms with Gasteiger partial charge in [-0.05, 0) is 19.4 Å². The maximum Gasteiger partial charge on any atom is 0.320 e. The molecular weight excluding hydrogens is 378 g/mol. The van der Waals surface area contributed by atoms with Crippen molar-refractivity contribution < 1.29 is 19.8 Å². The summed E-state index contributed by atoms with van der Waals surface area (Å²) in [5.74, 6) is -1.91. The lowest BCUT2D eigenvalue weighted by Crippen LogP contribution is -2.37. The Hall–Kier alpha value is -1.10. The highest BCUT2D eigenvalue weighted by Gasteiger charge is 2.17. The van der Waals surface area contributed by atoms with Crippen LogP contribution in [0.15, 0.2) is 0 Å². The molecule has 0 heterocycles. The fraction of sp³-hybridized carbons (Fsp3) is 0.920. The van der Waals surface area contributed by atoms with Crippen LogP contribution in [0.4, 0.5) is 0 Å². The Balaban J connectivity index is 3.25. The average molecular weight is 428 g/mol. The van der Waals surface area contributed by atoms with Crippen LogP contribution in [0.1, 0.15) is 135 Å². The Morgan fingerprint density at radius 1 is 0.633 bits per heavy atom. The Kier molecular flexibility index (Phi) is 21.8. The third-order valence-electron chi connectivity index (χ3n) is 5.87. The van der Waals surface area contributed by atoms with Crippen LogP contribution in [-0.4, -0.2) is 34.7 Å². The molecule has 0 aliphatic rings. The second-order valence-corrected chi connectivity index (χ2v) is 8.79. The molecule has 5 heteroatoms. The average Bonchev–Trinajstić information content (AvgIpc) is 2.71. The molecule has 0 aromatic heterocycles. The topological polar surface area (TPSA) is 86.6 Å². The summed E-state index contributed by atoms with van der Waals surface area (Å²) < 4.78 is 0. The Morgan fingerprint density at radius 3 is 1.33 bits per heavy atom. The summed E-state index contributed by atoms with van der Waals surface area (Å²) in [6, 6.07) is -0.744. The number of rotatable bonds is 24. The van der Waals surface area contributed by atoms with Crippen molar-refractivity contribution in [2.75, 3.05) is 6.54 Å². The highest BCUT2D eigenvalue weighted by atomic mass is 16.4. The molecule has 0 saturated heterocycles. The van der Waals surface area contributed by atoms with E-state index < -0.39 is 18.0 Å². The molecule has 0 radical (unpaired) electrons. The number of carboxylic acid groups (broad SMARTS) is 2. The van der Waals surface area contributed by atoms with Gasteiger partial charge in [-0.15, -0.1) is 0 Å². The van der Waals surface area contributed by atoms with Crippen LogP contribution in [-0.2, 0) is 9.59 Å². The minimum absolute atomic E-state index is 0.108. The van der Waals surface area contributed by atoms with Gasteiger partial charge in [0.05, 0.1) is 0 Å². The third kappa shape index (κ3) is 21.6. The van der Waals surface area contributed by atoms with E-state index in [0.717, 1.165) is 12.8 Å². The van der Waals surface area contributed by atoms with E-state index in [1.807, 2.05) is 0 Å². The van der Waals surface area contributed by atoms with E-state index in [-0.39, 0.29) is 12.8 Å². The minimum atomic E-state index is -0.960. The summed E-state index contributed by atoms with van der Waals surface area (Å²) in [6.07, 6.45) is 24.1. The van der Waals surface area contributed by atoms with Crippen molar-refractivity contribution in [2.45, 2.75) is 141 Å². The standard InChI is InChI=1S/C25H49NO4/c1-2-3-4-5-6-7-8-9-10-11-12-13-14-15-16-17-18-19-22-26-23(25(29)30)20-21-24(27)28/h23,26H,2-22H2,1H3,(H,27,28)(H,29,30)/t23-/m0/s1. The lowest BCUT2D eigenvalue weighted by molar-refractivity contribution is -0.140. The number of nitrogens with one attached hydrogen (secondary N) is 1. The SMILES string of the molecule is CCCCCCCCCCCCCCCCCCCCN[C@@H](CCC(=O)O)C(=O)O. The highest BCUT2D eigenvalue weighted by Crippen LogP contribution is 2.14. The van der Waals surface area contributed by atoms with Gasteiger partial charge in [0.15, 0.2) is 0 Å². The molecule has 0 aliphatic heterocycles. The molecule has 0 spiro atoms. The second kappa shape index (κ2) is 22.6. The summed E-state index contributed by atoms with van der Waals surface area (Å²) in [4.78, 5) is 21.6. The molecule has 178 valence electrons.